The van der Waals surface area contributed by atoms with Crippen LogP contribution >= 0.6 is 11.3 Å². The number of anilines is 3. The average Bonchev–Trinajstić information content (AvgIpc) is 3.02. The van der Waals surface area contributed by atoms with Crippen molar-refractivity contribution < 1.29 is 13.2 Å². The van der Waals surface area contributed by atoms with Crippen LogP contribution in [0.15, 0.2) is 64.9 Å². The molecular weight excluding hydrogens is 372 g/mol. The van der Waals surface area contributed by atoms with Crippen molar-refractivity contribution in [1.82, 2.24) is 4.98 Å². The third kappa shape index (κ3) is 4.88. The molecule has 4 N–H and O–H groups in total. The Kier molecular flexibility index (Phi) is 5.31. The van der Waals surface area contributed by atoms with Gasteiger partial charge in [-0.05, 0) is 36.4 Å². The van der Waals surface area contributed by atoms with Crippen LogP contribution in [0.25, 0.3) is 0 Å². The van der Waals surface area contributed by atoms with Crippen molar-refractivity contribution >= 4 is 43.8 Å². The van der Waals surface area contributed by atoms with Crippen molar-refractivity contribution in [2.45, 2.75) is 11.3 Å². The molecule has 0 radical (unpaired) electrons. The van der Waals surface area contributed by atoms with Crippen molar-refractivity contribution in [2.24, 2.45) is 5.14 Å². The second kappa shape index (κ2) is 7.65. The molecule has 0 unspecified atom stereocenters. The van der Waals surface area contributed by atoms with Crippen LogP contribution in [0.3, 0.4) is 0 Å². The first-order valence-electron chi connectivity index (χ1n) is 7.59. The van der Waals surface area contributed by atoms with Crippen molar-refractivity contribution in [3.8, 4) is 0 Å². The Labute approximate surface area is 154 Å². The monoisotopic (exact) mass is 388 g/mol. The van der Waals surface area contributed by atoms with Gasteiger partial charge < -0.3 is 10.6 Å². The van der Waals surface area contributed by atoms with Crippen LogP contribution < -0.4 is 15.8 Å². The zero-order valence-electron chi connectivity index (χ0n) is 13.5. The number of nitrogens with two attached hydrogens (primary N) is 1. The molecule has 0 aliphatic heterocycles. The first-order valence-corrected chi connectivity index (χ1v) is 10.0. The van der Waals surface area contributed by atoms with Crippen molar-refractivity contribution in [3.05, 3.63) is 65.7 Å². The van der Waals surface area contributed by atoms with E-state index in [0.717, 1.165) is 5.69 Å². The first kappa shape index (κ1) is 18.1. The SMILES string of the molecule is NS(=O)(=O)c1ccc(NC(=O)Cc2csc(Nc3ccccc3)n2)cc1. The molecule has 0 spiro atoms. The molecule has 26 heavy (non-hydrogen) atoms. The third-order valence-corrected chi connectivity index (χ3v) is 5.12. The van der Waals surface area contributed by atoms with Crippen molar-refractivity contribution in [2.75, 3.05) is 10.6 Å². The number of thiazole rings is 1. The molecule has 0 atom stereocenters. The number of amides is 1. The first-order chi connectivity index (χ1) is 12.4. The van der Waals surface area contributed by atoms with Gasteiger partial charge in [-0.2, -0.15) is 0 Å². The summed E-state index contributed by atoms with van der Waals surface area (Å²) in [4.78, 5) is 16.5. The lowest BCUT2D eigenvalue weighted by Crippen LogP contribution is -2.15. The van der Waals surface area contributed by atoms with Gasteiger partial charge >= 0.3 is 0 Å². The predicted octanol–water partition coefficient (Wildman–Crippen LogP) is 2.72. The van der Waals surface area contributed by atoms with Gasteiger partial charge in [-0.3, -0.25) is 4.79 Å². The molecule has 2 aromatic carbocycles. The number of primary sulfonamides is 1. The van der Waals surface area contributed by atoms with Crippen LogP contribution in [-0.2, 0) is 21.2 Å². The Morgan fingerprint density at radius 1 is 1.04 bits per heavy atom. The number of carbonyl (C=O) groups is 1. The minimum absolute atomic E-state index is 0.00775. The standard InChI is InChI=1S/C17H16N4O3S2/c18-26(23,24)15-8-6-13(7-9-15)19-16(22)10-14-11-25-17(21-14)20-12-4-2-1-3-5-12/h1-9,11H,10H2,(H,19,22)(H,20,21)(H2,18,23,24). The summed E-state index contributed by atoms with van der Waals surface area (Å²) < 4.78 is 22.4. The molecule has 0 bridgehead atoms. The zero-order chi connectivity index (χ0) is 18.6. The highest BCUT2D eigenvalue weighted by molar-refractivity contribution is 7.89. The van der Waals surface area contributed by atoms with Gasteiger partial charge in [0.15, 0.2) is 5.13 Å². The van der Waals surface area contributed by atoms with E-state index in [9.17, 15) is 13.2 Å². The van der Waals surface area contributed by atoms with Crippen molar-refractivity contribution in [3.63, 3.8) is 0 Å². The Hall–Kier alpha value is -2.75. The molecule has 3 aromatic rings. The van der Waals surface area contributed by atoms with E-state index in [1.54, 1.807) is 0 Å². The predicted molar refractivity (Wildman–Crippen MR) is 102 cm³/mol. The summed E-state index contributed by atoms with van der Waals surface area (Å²) in [6.07, 6.45) is 0.115. The summed E-state index contributed by atoms with van der Waals surface area (Å²) in [5.74, 6) is -0.245. The number of carbonyl (C=O) groups excluding carboxylic acids is 1. The van der Waals surface area contributed by atoms with E-state index in [4.69, 9.17) is 5.14 Å². The molecule has 9 heteroatoms. The Morgan fingerprint density at radius 2 is 1.73 bits per heavy atom. The fourth-order valence-electron chi connectivity index (χ4n) is 2.19. The third-order valence-electron chi connectivity index (χ3n) is 3.39. The van der Waals surface area contributed by atoms with Gasteiger partial charge in [-0.1, -0.05) is 18.2 Å². The van der Waals surface area contributed by atoms with Crippen LogP contribution in [0.5, 0.6) is 0 Å². The maximum absolute atomic E-state index is 12.1. The molecule has 0 saturated heterocycles. The number of nitrogens with zero attached hydrogens (tertiary/aromatic N) is 1. The quantitative estimate of drug-likeness (QED) is 0.601. The molecule has 3 rings (SSSR count). The average molecular weight is 388 g/mol. The number of hydrogen-bond donors (Lipinski definition) is 3. The van der Waals surface area contributed by atoms with Crippen LogP contribution in [-0.4, -0.2) is 19.3 Å². The molecule has 0 saturated carbocycles. The number of nitrogens with one attached hydrogen (secondary N) is 2. The molecule has 134 valence electrons. The molecule has 1 amide bonds. The maximum atomic E-state index is 12.1. The summed E-state index contributed by atoms with van der Waals surface area (Å²) in [5, 5.41) is 13.4. The lowest BCUT2D eigenvalue weighted by atomic mass is 10.3. The topological polar surface area (TPSA) is 114 Å². The van der Waals surface area contributed by atoms with Gasteiger partial charge in [0.1, 0.15) is 0 Å². The van der Waals surface area contributed by atoms with E-state index in [1.165, 1.54) is 35.6 Å². The van der Waals surface area contributed by atoms with Gasteiger partial charge in [-0.15, -0.1) is 11.3 Å². The maximum Gasteiger partial charge on any atom is 0.238 e. The molecule has 7 nitrogen and oxygen atoms in total. The lowest BCUT2D eigenvalue weighted by molar-refractivity contribution is -0.115. The minimum Gasteiger partial charge on any atom is -0.332 e. The number of para-hydroxylation sites is 1. The van der Waals surface area contributed by atoms with Gasteiger partial charge in [-0.25, -0.2) is 18.5 Å². The lowest BCUT2D eigenvalue weighted by Gasteiger charge is -2.05. The molecule has 1 aromatic heterocycles. The number of hydrogen-bond acceptors (Lipinski definition) is 6. The summed E-state index contributed by atoms with van der Waals surface area (Å²) in [6, 6.07) is 15.3. The highest BCUT2D eigenvalue weighted by Crippen LogP contribution is 2.21. The van der Waals surface area contributed by atoms with E-state index in [0.29, 0.717) is 16.5 Å². The van der Waals surface area contributed by atoms with Gasteiger partial charge in [0, 0.05) is 16.8 Å². The smallest absolute Gasteiger partial charge is 0.238 e. The highest BCUT2D eigenvalue weighted by atomic mass is 32.2. The molecule has 1 heterocycles. The van der Waals surface area contributed by atoms with Crippen LogP contribution in [0.2, 0.25) is 0 Å². The molecule has 0 aliphatic carbocycles. The summed E-state index contributed by atoms with van der Waals surface area (Å²) in [7, 11) is -3.75. The normalized spacial score (nSPS) is 11.1. The van der Waals surface area contributed by atoms with E-state index in [-0.39, 0.29) is 17.2 Å². The van der Waals surface area contributed by atoms with Gasteiger partial charge in [0.25, 0.3) is 0 Å². The van der Waals surface area contributed by atoms with Gasteiger partial charge in [0.05, 0.1) is 17.0 Å². The summed E-state index contributed by atoms with van der Waals surface area (Å²) in [5.41, 5.74) is 2.06. The van der Waals surface area contributed by atoms with Crippen LogP contribution in [0.4, 0.5) is 16.5 Å². The minimum atomic E-state index is -3.75. The highest BCUT2D eigenvalue weighted by Gasteiger charge is 2.10. The van der Waals surface area contributed by atoms with Crippen LogP contribution in [0.1, 0.15) is 5.69 Å². The molecule has 0 fully saturated rings. The van der Waals surface area contributed by atoms with E-state index >= 15 is 0 Å². The number of benzene rings is 2. The fraction of sp³-hybridized carbons (Fsp3) is 0.0588. The van der Waals surface area contributed by atoms with Crippen molar-refractivity contribution in [1.29, 1.82) is 0 Å². The molecular formula is C17H16N4O3S2. The van der Waals surface area contributed by atoms with Crippen LogP contribution in [0, 0.1) is 0 Å². The van der Waals surface area contributed by atoms with E-state index in [1.807, 2.05) is 35.7 Å². The second-order valence-corrected chi connectivity index (χ2v) is 7.85. The Bertz CT molecular complexity index is 1000. The zero-order valence-corrected chi connectivity index (χ0v) is 15.2. The van der Waals surface area contributed by atoms with E-state index < -0.39 is 10.0 Å². The Balaban J connectivity index is 1.58. The fourth-order valence-corrected chi connectivity index (χ4v) is 3.43. The number of rotatable bonds is 6. The number of aromatic nitrogens is 1. The summed E-state index contributed by atoms with van der Waals surface area (Å²) >= 11 is 1.41. The van der Waals surface area contributed by atoms with E-state index in [2.05, 4.69) is 15.6 Å². The summed E-state index contributed by atoms with van der Waals surface area (Å²) in [6.45, 7) is 0. The second-order valence-electron chi connectivity index (χ2n) is 5.43. The largest absolute Gasteiger partial charge is 0.332 e. The Morgan fingerprint density at radius 3 is 2.38 bits per heavy atom. The number of sulfonamides is 1. The molecule has 0 aliphatic rings. The van der Waals surface area contributed by atoms with Gasteiger partial charge in [0.2, 0.25) is 15.9 Å².